The lowest BCUT2D eigenvalue weighted by Crippen LogP contribution is -2.46. The minimum atomic E-state index is 0.282. The number of nitrogens with one attached hydrogen (secondary N) is 1. The third-order valence-electron chi connectivity index (χ3n) is 3.60. The Hall–Kier alpha value is -1.35. The predicted molar refractivity (Wildman–Crippen MR) is 73.7 cm³/mol. The summed E-state index contributed by atoms with van der Waals surface area (Å²) in [7, 11) is 0. The Morgan fingerprint density at radius 3 is 2.50 bits per heavy atom. The molecule has 0 aromatic heterocycles. The molecule has 1 unspecified atom stereocenters. The topological polar surface area (TPSA) is 32.3 Å². The van der Waals surface area contributed by atoms with Crippen molar-refractivity contribution in [2.45, 2.75) is 26.2 Å². The average Bonchev–Trinajstić information content (AvgIpc) is 2.40. The molecule has 1 fully saturated rings. The molecule has 1 heterocycles. The number of hydrogen-bond donors (Lipinski definition) is 1. The van der Waals surface area contributed by atoms with E-state index >= 15 is 0 Å². The maximum atomic E-state index is 12.1. The highest BCUT2D eigenvalue weighted by Gasteiger charge is 2.19. The quantitative estimate of drug-likeness (QED) is 0.883. The van der Waals surface area contributed by atoms with E-state index in [9.17, 15) is 4.79 Å². The summed E-state index contributed by atoms with van der Waals surface area (Å²) in [6, 6.07) is 8.48. The molecule has 1 amide bonds. The van der Waals surface area contributed by atoms with Crippen LogP contribution >= 0.6 is 0 Å². The van der Waals surface area contributed by atoms with E-state index in [1.54, 1.807) is 0 Å². The average molecular weight is 246 g/mol. The molecule has 18 heavy (non-hydrogen) atoms. The molecule has 1 saturated heterocycles. The van der Waals surface area contributed by atoms with Crippen molar-refractivity contribution in [1.29, 1.82) is 0 Å². The molecule has 1 N–H and O–H groups in total. The summed E-state index contributed by atoms with van der Waals surface area (Å²) in [6.07, 6.45) is 0.614. The van der Waals surface area contributed by atoms with Gasteiger partial charge in [-0.2, -0.15) is 0 Å². The normalized spacial score (nSPS) is 17.6. The number of carbonyl (C=O) groups is 1. The smallest absolute Gasteiger partial charge is 0.223 e. The first-order chi connectivity index (χ1) is 8.66. The van der Waals surface area contributed by atoms with Crippen LogP contribution in [0.25, 0.3) is 0 Å². The molecule has 0 saturated carbocycles. The summed E-state index contributed by atoms with van der Waals surface area (Å²) in [6.45, 7) is 7.75. The van der Waals surface area contributed by atoms with Gasteiger partial charge in [-0.3, -0.25) is 4.79 Å². The predicted octanol–water partition coefficient (Wildman–Crippen LogP) is 1.92. The number of piperazine rings is 1. The molecule has 3 nitrogen and oxygen atoms in total. The first kappa shape index (κ1) is 13.1. The largest absolute Gasteiger partial charge is 0.340 e. The molecule has 1 aromatic carbocycles. The van der Waals surface area contributed by atoms with Crippen molar-refractivity contribution in [3.63, 3.8) is 0 Å². The van der Waals surface area contributed by atoms with Crippen molar-refractivity contribution in [3.05, 3.63) is 35.4 Å². The lowest BCUT2D eigenvalue weighted by Gasteiger charge is -2.28. The van der Waals surface area contributed by atoms with E-state index in [1.165, 1.54) is 11.1 Å². The van der Waals surface area contributed by atoms with Gasteiger partial charge in [0.2, 0.25) is 5.91 Å². The zero-order chi connectivity index (χ0) is 13.0. The molecule has 0 bridgehead atoms. The number of amides is 1. The van der Waals surface area contributed by atoms with E-state index in [0.717, 1.165) is 26.2 Å². The zero-order valence-corrected chi connectivity index (χ0v) is 11.3. The molecular formula is C15H22N2O. The number of benzene rings is 1. The summed E-state index contributed by atoms with van der Waals surface area (Å²) in [5, 5.41) is 3.27. The molecule has 0 aliphatic carbocycles. The molecule has 3 heteroatoms. The molecule has 1 aromatic rings. The van der Waals surface area contributed by atoms with E-state index in [-0.39, 0.29) is 5.91 Å². The van der Waals surface area contributed by atoms with E-state index in [1.807, 2.05) is 4.90 Å². The van der Waals surface area contributed by atoms with E-state index in [0.29, 0.717) is 12.3 Å². The molecule has 98 valence electrons. The van der Waals surface area contributed by atoms with Crippen LogP contribution in [0.4, 0.5) is 0 Å². The second-order valence-corrected chi connectivity index (χ2v) is 5.15. The van der Waals surface area contributed by atoms with Crippen LogP contribution in [0.15, 0.2) is 24.3 Å². The Morgan fingerprint density at radius 2 is 1.89 bits per heavy atom. The van der Waals surface area contributed by atoms with Gasteiger partial charge in [0.15, 0.2) is 0 Å². The zero-order valence-electron chi connectivity index (χ0n) is 11.3. The minimum absolute atomic E-state index is 0.282. The van der Waals surface area contributed by atoms with Gasteiger partial charge in [-0.1, -0.05) is 36.8 Å². The third kappa shape index (κ3) is 3.33. The number of hydrogen-bond acceptors (Lipinski definition) is 2. The van der Waals surface area contributed by atoms with Gasteiger partial charge in [0.25, 0.3) is 0 Å². The van der Waals surface area contributed by atoms with Gasteiger partial charge in [-0.05, 0) is 18.4 Å². The number of rotatable bonds is 3. The van der Waals surface area contributed by atoms with Crippen molar-refractivity contribution < 1.29 is 4.79 Å². The van der Waals surface area contributed by atoms with E-state index < -0.39 is 0 Å². The number of carbonyl (C=O) groups excluding carboxylic acids is 1. The van der Waals surface area contributed by atoms with Gasteiger partial charge in [0.1, 0.15) is 0 Å². The Morgan fingerprint density at radius 1 is 1.28 bits per heavy atom. The van der Waals surface area contributed by atoms with Crippen LogP contribution in [-0.4, -0.2) is 37.0 Å². The van der Waals surface area contributed by atoms with Crippen LogP contribution in [0.2, 0.25) is 0 Å². The van der Waals surface area contributed by atoms with Gasteiger partial charge >= 0.3 is 0 Å². The van der Waals surface area contributed by atoms with Crippen LogP contribution < -0.4 is 5.32 Å². The maximum Gasteiger partial charge on any atom is 0.223 e. The summed E-state index contributed by atoms with van der Waals surface area (Å²) in [4.78, 5) is 14.1. The lowest BCUT2D eigenvalue weighted by atomic mass is 9.96. The fraction of sp³-hybridized carbons (Fsp3) is 0.533. The fourth-order valence-corrected chi connectivity index (χ4v) is 2.32. The Kier molecular flexibility index (Phi) is 4.37. The van der Waals surface area contributed by atoms with E-state index in [4.69, 9.17) is 0 Å². The third-order valence-corrected chi connectivity index (χ3v) is 3.60. The molecule has 0 radical (unpaired) electrons. The Bertz CT molecular complexity index is 393. The number of aryl methyl sites for hydroxylation is 1. The monoisotopic (exact) mass is 246 g/mol. The maximum absolute atomic E-state index is 12.1. The second kappa shape index (κ2) is 6.01. The summed E-state index contributed by atoms with van der Waals surface area (Å²) in [5.41, 5.74) is 2.52. The van der Waals surface area contributed by atoms with Crippen molar-refractivity contribution in [3.8, 4) is 0 Å². The highest BCUT2D eigenvalue weighted by atomic mass is 16.2. The molecule has 1 atom stereocenters. The van der Waals surface area contributed by atoms with Crippen molar-refractivity contribution in [2.75, 3.05) is 26.2 Å². The molecular weight excluding hydrogens is 224 g/mol. The first-order valence-electron chi connectivity index (χ1n) is 6.72. The van der Waals surface area contributed by atoms with Crippen molar-refractivity contribution in [1.82, 2.24) is 10.2 Å². The summed E-state index contributed by atoms with van der Waals surface area (Å²) in [5.74, 6) is 0.581. The molecule has 0 spiro atoms. The van der Waals surface area contributed by atoms with Crippen LogP contribution in [0, 0.1) is 6.92 Å². The Balaban J connectivity index is 1.91. The van der Waals surface area contributed by atoms with Crippen LogP contribution in [0.3, 0.4) is 0 Å². The first-order valence-corrected chi connectivity index (χ1v) is 6.72. The van der Waals surface area contributed by atoms with Crippen LogP contribution in [-0.2, 0) is 4.79 Å². The number of nitrogens with zero attached hydrogens (tertiary/aromatic N) is 1. The molecule has 1 aliphatic rings. The second-order valence-electron chi connectivity index (χ2n) is 5.15. The van der Waals surface area contributed by atoms with Gasteiger partial charge in [-0.15, -0.1) is 0 Å². The highest BCUT2D eigenvalue weighted by Crippen LogP contribution is 2.20. The van der Waals surface area contributed by atoms with Crippen molar-refractivity contribution in [2.24, 2.45) is 0 Å². The Labute approximate surface area is 109 Å². The highest BCUT2D eigenvalue weighted by molar-refractivity contribution is 5.77. The standard InChI is InChI=1S/C15H22N2O/c1-12-3-5-14(6-4-12)13(2)11-15(18)17-9-7-16-8-10-17/h3-6,13,16H,7-11H2,1-2H3. The van der Waals surface area contributed by atoms with Gasteiger partial charge in [-0.25, -0.2) is 0 Å². The summed E-state index contributed by atoms with van der Waals surface area (Å²) < 4.78 is 0. The molecule has 1 aliphatic heterocycles. The minimum Gasteiger partial charge on any atom is -0.340 e. The van der Waals surface area contributed by atoms with Crippen LogP contribution in [0.5, 0.6) is 0 Å². The van der Waals surface area contributed by atoms with E-state index in [2.05, 4.69) is 43.4 Å². The van der Waals surface area contributed by atoms with Gasteiger partial charge < -0.3 is 10.2 Å². The van der Waals surface area contributed by atoms with Crippen molar-refractivity contribution >= 4 is 5.91 Å². The van der Waals surface area contributed by atoms with Gasteiger partial charge in [0, 0.05) is 32.6 Å². The summed E-state index contributed by atoms with van der Waals surface area (Å²) >= 11 is 0. The van der Waals surface area contributed by atoms with Crippen LogP contribution in [0.1, 0.15) is 30.4 Å². The SMILES string of the molecule is Cc1ccc(C(C)CC(=O)N2CCNCC2)cc1. The lowest BCUT2D eigenvalue weighted by molar-refractivity contribution is -0.132. The van der Waals surface area contributed by atoms with Gasteiger partial charge in [0.05, 0.1) is 0 Å². The fourth-order valence-electron chi connectivity index (χ4n) is 2.32. The molecule has 2 rings (SSSR count).